The molecule has 0 aliphatic carbocycles. The number of guanidine groups is 1. The molecule has 1 aliphatic heterocycles. The van der Waals surface area contributed by atoms with Gasteiger partial charge in [-0.15, -0.1) is 24.0 Å². The van der Waals surface area contributed by atoms with Crippen molar-refractivity contribution in [2.75, 3.05) is 52.5 Å². The molecule has 0 saturated carbocycles. The molecule has 1 atom stereocenters. The van der Waals surface area contributed by atoms with Gasteiger partial charge in [0.1, 0.15) is 22.9 Å². The smallest absolute Gasteiger partial charge is 0.191 e. The number of nitrogens with one attached hydrogen (secondary N) is 2. The van der Waals surface area contributed by atoms with E-state index in [9.17, 15) is 5.11 Å². The first kappa shape index (κ1) is 25.7. The SMILES string of the molecule is Cc1ccc(C(C)(O)CN=C(NCCCN2CCOCC2)NCCc2ccco2)o1.I. The van der Waals surface area contributed by atoms with Gasteiger partial charge >= 0.3 is 0 Å². The molecule has 0 amide bonds. The summed E-state index contributed by atoms with van der Waals surface area (Å²) in [5, 5.41) is 17.5. The largest absolute Gasteiger partial charge is 0.469 e. The quantitative estimate of drug-likeness (QED) is 0.183. The maximum absolute atomic E-state index is 10.8. The molecule has 1 fully saturated rings. The van der Waals surface area contributed by atoms with Crippen LogP contribution in [0.3, 0.4) is 0 Å². The summed E-state index contributed by atoms with van der Waals surface area (Å²) in [5.41, 5.74) is -1.17. The van der Waals surface area contributed by atoms with Crippen LogP contribution >= 0.6 is 24.0 Å². The molecule has 0 bridgehead atoms. The zero-order valence-electron chi connectivity index (χ0n) is 18.4. The maximum atomic E-state index is 10.8. The Kier molecular flexibility index (Phi) is 10.9. The fourth-order valence-corrected chi connectivity index (χ4v) is 3.30. The second kappa shape index (κ2) is 13.1. The van der Waals surface area contributed by atoms with Crippen LogP contribution in [-0.4, -0.2) is 68.4 Å². The van der Waals surface area contributed by atoms with Gasteiger partial charge in [0, 0.05) is 32.6 Å². The molecule has 1 saturated heterocycles. The van der Waals surface area contributed by atoms with E-state index in [2.05, 4.69) is 20.5 Å². The number of ether oxygens (including phenoxy) is 1. The second-order valence-electron chi connectivity index (χ2n) is 7.84. The van der Waals surface area contributed by atoms with Crippen molar-refractivity contribution in [1.82, 2.24) is 15.5 Å². The average Bonchev–Trinajstić information content (AvgIpc) is 3.42. The fourth-order valence-electron chi connectivity index (χ4n) is 3.30. The van der Waals surface area contributed by atoms with Crippen LogP contribution in [0.2, 0.25) is 0 Å². The average molecular weight is 546 g/mol. The zero-order valence-corrected chi connectivity index (χ0v) is 20.8. The zero-order chi connectivity index (χ0) is 21.2. The van der Waals surface area contributed by atoms with Crippen molar-refractivity contribution in [3.05, 3.63) is 47.8 Å². The minimum absolute atomic E-state index is 0. The van der Waals surface area contributed by atoms with E-state index in [0.717, 1.165) is 63.8 Å². The Balaban J connectivity index is 0.00000341. The normalized spacial score (nSPS) is 17.1. The van der Waals surface area contributed by atoms with Gasteiger partial charge in [-0.25, -0.2) is 4.99 Å². The lowest BCUT2D eigenvalue weighted by Gasteiger charge is -2.26. The van der Waals surface area contributed by atoms with Crippen molar-refractivity contribution < 1.29 is 18.7 Å². The summed E-state index contributed by atoms with van der Waals surface area (Å²) < 4.78 is 16.4. The molecule has 9 heteroatoms. The summed E-state index contributed by atoms with van der Waals surface area (Å²) in [6, 6.07) is 7.49. The highest BCUT2D eigenvalue weighted by atomic mass is 127. The standard InChI is InChI=1S/C22H34N4O4.HI/c1-18-6-7-20(30-18)22(2,27)17-25-21(24-10-8-19-5-3-14-29-19)23-9-4-11-26-12-15-28-16-13-26;/h3,5-7,14,27H,4,8-13,15-17H2,1-2H3,(H2,23,24,25);1H. The van der Waals surface area contributed by atoms with Gasteiger partial charge in [0.25, 0.3) is 0 Å². The summed E-state index contributed by atoms with van der Waals surface area (Å²) >= 11 is 0. The number of nitrogens with zero attached hydrogens (tertiary/aromatic N) is 2. The van der Waals surface area contributed by atoms with Gasteiger partial charge in [-0.1, -0.05) is 0 Å². The van der Waals surface area contributed by atoms with Crippen LogP contribution in [0.4, 0.5) is 0 Å². The van der Waals surface area contributed by atoms with Gasteiger partial charge in [-0.3, -0.25) is 4.90 Å². The van der Waals surface area contributed by atoms with Crippen LogP contribution < -0.4 is 10.6 Å². The van der Waals surface area contributed by atoms with E-state index < -0.39 is 5.60 Å². The first-order chi connectivity index (χ1) is 14.5. The summed E-state index contributed by atoms with van der Waals surface area (Å²) in [4.78, 5) is 7.02. The summed E-state index contributed by atoms with van der Waals surface area (Å²) in [7, 11) is 0. The van der Waals surface area contributed by atoms with Crippen molar-refractivity contribution >= 4 is 29.9 Å². The molecular formula is C22H35IN4O4. The molecule has 2 aromatic rings. The topological polar surface area (TPSA) is 95.4 Å². The van der Waals surface area contributed by atoms with Crippen LogP contribution in [-0.2, 0) is 16.8 Å². The highest BCUT2D eigenvalue weighted by molar-refractivity contribution is 14.0. The first-order valence-electron chi connectivity index (χ1n) is 10.7. The molecule has 174 valence electrons. The molecule has 3 rings (SSSR count). The number of halogens is 1. The molecule has 8 nitrogen and oxygen atoms in total. The number of hydrogen-bond acceptors (Lipinski definition) is 6. The second-order valence-corrected chi connectivity index (χ2v) is 7.84. The molecule has 1 aliphatic rings. The Bertz CT molecular complexity index is 770. The van der Waals surface area contributed by atoms with Crippen LogP contribution in [0.15, 0.2) is 44.4 Å². The van der Waals surface area contributed by atoms with Crippen molar-refractivity contribution in [3.63, 3.8) is 0 Å². The molecule has 1 unspecified atom stereocenters. The van der Waals surface area contributed by atoms with Crippen molar-refractivity contribution in [1.29, 1.82) is 0 Å². The van der Waals surface area contributed by atoms with Gasteiger partial charge in [-0.05, 0) is 51.1 Å². The maximum Gasteiger partial charge on any atom is 0.191 e. The Labute approximate surface area is 201 Å². The third kappa shape index (κ3) is 8.83. The van der Waals surface area contributed by atoms with Gasteiger partial charge in [0.2, 0.25) is 0 Å². The molecule has 31 heavy (non-hydrogen) atoms. The lowest BCUT2D eigenvalue weighted by molar-refractivity contribution is 0.0375. The number of rotatable bonds is 10. The molecule has 0 spiro atoms. The number of hydrogen-bond donors (Lipinski definition) is 3. The summed E-state index contributed by atoms with van der Waals surface area (Å²) in [6.45, 7) is 9.90. The van der Waals surface area contributed by atoms with Crippen molar-refractivity contribution in [2.45, 2.75) is 32.3 Å². The van der Waals surface area contributed by atoms with Gasteiger partial charge in [0.15, 0.2) is 5.96 Å². The minimum atomic E-state index is -1.17. The fraction of sp³-hybridized carbons (Fsp3) is 0.591. The van der Waals surface area contributed by atoms with E-state index in [1.165, 1.54) is 0 Å². The van der Waals surface area contributed by atoms with Crippen LogP contribution in [0.5, 0.6) is 0 Å². The molecule has 3 heterocycles. The van der Waals surface area contributed by atoms with Gasteiger partial charge < -0.3 is 29.3 Å². The predicted molar refractivity (Wildman–Crippen MR) is 131 cm³/mol. The van der Waals surface area contributed by atoms with E-state index in [1.54, 1.807) is 19.3 Å². The van der Waals surface area contributed by atoms with E-state index in [1.807, 2.05) is 25.1 Å². The minimum Gasteiger partial charge on any atom is -0.469 e. The van der Waals surface area contributed by atoms with E-state index >= 15 is 0 Å². The Morgan fingerprint density at radius 3 is 2.65 bits per heavy atom. The Morgan fingerprint density at radius 2 is 1.97 bits per heavy atom. The molecule has 3 N–H and O–H groups in total. The molecular weight excluding hydrogens is 511 g/mol. The van der Waals surface area contributed by atoms with E-state index in [4.69, 9.17) is 13.6 Å². The highest BCUT2D eigenvalue weighted by Gasteiger charge is 2.26. The first-order valence-corrected chi connectivity index (χ1v) is 10.7. The predicted octanol–water partition coefficient (Wildman–Crippen LogP) is 2.51. The summed E-state index contributed by atoms with van der Waals surface area (Å²) in [5.74, 6) is 2.89. The molecule has 0 aromatic carbocycles. The third-order valence-electron chi connectivity index (χ3n) is 5.11. The Hall–Kier alpha value is -1.56. The monoisotopic (exact) mass is 546 g/mol. The van der Waals surface area contributed by atoms with Gasteiger partial charge in [0.05, 0.1) is 26.0 Å². The van der Waals surface area contributed by atoms with Crippen LogP contribution in [0.1, 0.15) is 30.6 Å². The van der Waals surface area contributed by atoms with E-state index in [-0.39, 0.29) is 30.5 Å². The van der Waals surface area contributed by atoms with Crippen molar-refractivity contribution in [3.8, 4) is 0 Å². The number of aliphatic hydroxyl groups is 1. The van der Waals surface area contributed by atoms with E-state index in [0.29, 0.717) is 18.3 Å². The Morgan fingerprint density at radius 1 is 1.19 bits per heavy atom. The number of furan rings is 2. The third-order valence-corrected chi connectivity index (χ3v) is 5.11. The van der Waals surface area contributed by atoms with Crippen LogP contribution in [0, 0.1) is 6.92 Å². The van der Waals surface area contributed by atoms with Crippen LogP contribution in [0.25, 0.3) is 0 Å². The number of morpholine rings is 1. The molecule has 2 aromatic heterocycles. The highest BCUT2D eigenvalue weighted by Crippen LogP contribution is 2.23. The van der Waals surface area contributed by atoms with Gasteiger partial charge in [-0.2, -0.15) is 0 Å². The lowest BCUT2D eigenvalue weighted by atomic mass is 10.0. The van der Waals surface area contributed by atoms with Crippen molar-refractivity contribution in [2.24, 2.45) is 4.99 Å². The number of aliphatic imine (C=N–C) groups is 1. The lowest BCUT2D eigenvalue weighted by Crippen LogP contribution is -2.42. The summed E-state index contributed by atoms with van der Waals surface area (Å²) in [6.07, 6.45) is 3.44. The number of aryl methyl sites for hydroxylation is 1. The molecule has 0 radical (unpaired) electrons.